The molecule has 2 aliphatic heterocycles. The van der Waals surface area contributed by atoms with Gasteiger partial charge in [-0.25, -0.2) is 14.8 Å². The monoisotopic (exact) mass is 382 g/mol. The van der Waals surface area contributed by atoms with Crippen molar-refractivity contribution in [1.29, 1.82) is 0 Å². The quantitative estimate of drug-likeness (QED) is 0.825. The molecule has 8 nitrogen and oxygen atoms in total. The molecule has 4 heterocycles. The van der Waals surface area contributed by atoms with Crippen LogP contribution in [0.15, 0.2) is 36.7 Å². The minimum atomic E-state index is -0.238. The van der Waals surface area contributed by atoms with Crippen LogP contribution in [0.1, 0.15) is 18.4 Å². The van der Waals surface area contributed by atoms with Gasteiger partial charge in [-0.15, -0.1) is 0 Å². The zero-order valence-electron chi connectivity index (χ0n) is 15.9. The van der Waals surface area contributed by atoms with Gasteiger partial charge in [0.15, 0.2) is 5.82 Å². The number of aromatic nitrogens is 2. The van der Waals surface area contributed by atoms with E-state index in [1.165, 1.54) is 0 Å². The summed E-state index contributed by atoms with van der Waals surface area (Å²) in [7, 11) is 0. The summed E-state index contributed by atoms with van der Waals surface area (Å²) in [4.78, 5) is 25.7. The van der Waals surface area contributed by atoms with E-state index in [0.717, 1.165) is 75.1 Å². The number of nitrogens with one attached hydrogen (secondary N) is 2. The number of pyridine rings is 2. The molecule has 2 N–H and O–H groups in total. The van der Waals surface area contributed by atoms with Crippen LogP contribution in [0.4, 0.5) is 22.1 Å². The second-order valence-corrected chi connectivity index (χ2v) is 7.00. The van der Waals surface area contributed by atoms with E-state index >= 15 is 0 Å². The molecular weight excluding hydrogens is 356 g/mol. The molecule has 148 valence electrons. The van der Waals surface area contributed by atoms with Crippen molar-refractivity contribution in [1.82, 2.24) is 15.3 Å². The summed E-state index contributed by atoms with van der Waals surface area (Å²) in [5, 5.41) is 5.87. The highest BCUT2D eigenvalue weighted by atomic mass is 16.5. The standard InChI is InChI=1S/C20H26N6O2/c27-20(24-17-4-3-6-22-19(17)26-8-1-2-9-26)23-15-16-5-7-21-18(14-16)25-10-12-28-13-11-25/h3-7,14H,1-2,8-13,15H2,(H2,23,24,27). The molecule has 8 heteroatoms. The van der Waals surface area contributed by atoms with Crippen molar-refractivity contribution in [3.8, 4) is 0 Å². The number of ether oxygens (including phenoxy) is 1. The minimum absolute atomic E-state index is 0.238. The van der Waals surface area contributed by atoms with E-state index in [1.807, 2.05) is 24.3 Å². The maximum atomic E-state index is 12.4. The molecule has 0 saturated carbocycles. The van der Waals surface area contributed by atoms with Crippen molar-refractivity contribution >= 4 is 23.4 Å². The van der Waals surface area contributed by atoms with Gasteiger partial charge in [-0.1, -0.05) is 0 Å². The summed E-state index contributed by atoms with van der Waals surface area (Å²) in [6.07, 6.45) is 5.87. The first-order valence-corrected chi connectivity index (χ1v) is 9.82. The van der Waals surface area contributed by atoms with Crippen LogP contribution in [0.25, 0.3) is 0 Å². The van der Waals surface area contributed by atoms with Crippen LogP contribution in [-0.2, 0) is 11.3 Å². The summed E-state index contributed by atoms with van der Waals surface area (Å²) in [6.45, 7) is 5.51. The smallest absolute Gasteiger partial charge is 0.319 e. The maximum Gasteiger partial charge on any atom is 0.319 e. The highest BCUT2D eigenvalue weighted by Crippen LogP contribution is 2.26. The Morgan fingerprint density at radius 1 is 1.04 bits per heavy atom. The van der Waals surface area contributed by atoms with E-state index in [9.17, 15) is 4.79 Å². The predicted octanol–water partition coefficient (Wildman–Crippen LogP) is 2.24. The zero-order valence-corrected chi connectivity index (χ0v) is 15.9. The molecule has 2 aromatic rings. The Kier molecular flexibility index (Phi) is 5.86. The lowest BCUT2D eigenvalue weighted by Gasteiger charge is -2.28. The molecule has 0 aromatic carbocycles. The first kappa shape index (κ1) is 18.5. The average molecular weight is 382 g/mol. The predicted molar refractivity (Wildman–Crippen MR) is 109 cm³/mol. The summed E-state index contributed by atoms with van der Waals surface area (Å²) < 4.78 is 5.39. The lowest BCUT2D eigenvalue weighted by molar-refractivity contribution is 0.122. The average Bonchev–Trinajstić information content (AvgIpc) is 3.28. The molecule has 0 bridgehead atoms. The Labute approximate surface area is 164 Å². The van der Waals surface area contributed by atoms with Gasteiger partial charge in [0.2, 0.25) is 0 Å². The van der Waals surface area contributed by atoms with Crippen molar-refractivity contribution in [2.24, 2.45) is 0 Å². The number of urea groups is 1. The number of rotatable bonds is 5. The number of carbonyl (C=O) groups is 1. The lowest BCUT2D eigenvalue weighted by atomic mass is 10.2. The second-order valence-electron chi connectivity index (χ2n) is 7.00. The zero-order chi connectivity index (χ0) is 19.2. The maximum absolute atomic E-state index is 12.4. The molecule has 28 heavy (non-hydrogen) atoms. The van der Waals surface area contributed by atoms with Crippen LogP contribution in [0.2, 0.25) is 0 Å². The Morgan fingerprint density at radius 2 is 1.86 bits per heavy atom. The largest absolute Gasteiger partial charge is 0.378 e. The molecule has 0 atom stereocenters. The highest BCUT2D eigenvalue weighted by molar-refractivity contribution is 5.92. The third-order valence-electron chi connectivity index (χ3n) is 5.04. The van der Waals surface area contributed by atoms with Crippen molar-refractivity contribution < 1.29 is 9.53 Å². The topological polar surface area (TPSA) is 82.6 Å². The Morgan fingerprint density at radius 3 is 2.68 bits per heavy atom. The highest BCUT2D eigenvalue weighted by Gasteiger charge is 2.18. The third-order valence-corrected chi connectivity index (χ3v) is 5.04. The van der Waals surface area contributed by atoms with Crippen molar-refractivity contribution in [3.63, 3.8) is 0 Å². The summed E-state index contributed by atoms with van der Waals surface area (Å²) in [6, 6.07) is 7.43. The molecule has 2 fully saturated rings. The fourth-order valence-corrected chi connectivity index (χ4v) is 3.56. The molecule has 0 spiro atoms. The van der Waals surface area contributed by atoms with Crippen LogP contribution in [0.5, 0.6) is 0 Å². The van der Waals surface area contributed by atoms with Crippen LogP contribution in [-0.4, -0.2) is 55.4 Å². The summed E-state index contributed by atoms with van der Waals surface area (Å²) in [5.41, 5.74) is 1.75. The fourth-order valence-electron chi connectivity index (χ4n) is 3.56. The van der Waals surface area contributed by atoms with Crippen LogP contribution >= 0.6 is 0 Å². The Hall–Kier alpha value is -2.87. The number of nitrogens with zero attached hydrogens (tertiary/aromatic N) is 4. The van der Waals surface area contributed by atoms with Gasteiger partial charge in [0.1, 0.15) is 5.82 Å². The van der Waals surface area contributed by atoms with Gasteiger partial charge < -0.3 is 25.2 Å². The number of carbonyl (C=O) groups excluding carboxylic acids is 1. The number of hydrogen-bond acceptors (Lipinski definition) is 6. The Balaban J connectivity index is 1.35. The van der Waals surface area contributed by atoms with E-state index in [1.54, 1.807) is 12.4 Å². The first-order valence-electron chi connectivity index (χ1n) is 9.82. The van der Waals surface area contributed by atoms with Gasteiger partial charge in [0.05, 0.1) is 18.9 Å². The number of morpholine rings is 1. The Bertz CT molecular complexity index is 803. The van der Waals surface area contributed by atoms with Crippen LogP contribution in [0.3, 0.4) is 0 Å². The normalized spacial score (nSPS) is 16.9. The van der Waals surface area contributed by atoms with Crippen molar-refractivity contribution in [3.05, 3.63) is 42.2 Å². The van der Waals surface area contributed by atoms with Crippen LogP contribution < -0.4 is 20.4 Å². The van der Waals surface area contributed by atoms with E-state index < -0.39 is 0 Å². The fraction of sp³-hybridized carbons (Fsp3) is 0.450. The van der Waals surface area contributed by atoms with Gasteiger partial charge in [-0.3, -0.25) is 0 Å². The molecule has 0 radical (unpaired) electrons. The molecule has 2 saturated heterocycles. The van der Waals surface area contributed by atoms with Crippen LogP contribution in [0, 0.1) is 0 Å². The summed E-state index contributed by atoms with van der Waals surface area (Å²) >= 11 is 0. The molecular formula is C20H26N6O2. The number of amides is 2. The molecule has 2 aliphatic rings. The lowest BCUT2D eigenvalue weighted by Crippen LogP contribution is -2.36. The van der Waals surface area contributed by atoms with Crippen molar-refractivity contribution in [2.45, 2.75) is 19.4 Å². The summed E-state index contributed by atoms with van der Waals surface area (Å²) in [5.74, 6) is 1.76. The van der Waals surface area contributed by atoms with E-state index in [4.69, 9.17) is 4.74 Å². The number of anilines is 3. The van der Waals surface area contributed by atoms with Gasteiger partial charge >= 0.3 is 6.03 Å². The molecule has 2 aromatic heterocycles. The van der Waals surface area contributed by atoms with Gasteiger partial charge in [-0.05, 0) is 42.7 Å². The minimum Gasteiger partial charge on any atom is -0.378 e. The number of hydrogen-bond donors (Lipinski definition) is 2. The van der Waals surface area contributed by atoms with Gasteiger partial charge in [0, 0.05) is 45.1 Å². The van der Waals surface area contributed by atoms with E-state index in [-0.39, 0.29) is 6.03 Å². The first-order chi connectivity index (χ1) is 13.8. The SMILES string of the molecule is O=C(NCc1ccnc(N2CCOCC2)c1)Nc1cccnc1N1CCCC1. The molecule has 0 unspecified atom stereocenters. The second kappa shape index (κ2) is 8.88. The molecule has 0 aliphatic carbocycles. The molecule has 4 rings (SSSR count). The third kappa shape index (κ3) is 4.51. The van der Waals surface area contributed by atoms with E-state index in [2.05, 4.69) is 30.4 Å². The molecule has 2 amide bonds. The van der Waals surface area contributed by atoms with Crippen molar-refractivity contribution in [2.75, 3.05) is 54.5 Å². The van der Waals surface area contributed by atoms with Gasteiger partial charge in [0.25, 0.3) is 0 Å². The van der Waals surface area contributed by atoms with Gasteiger partial charge in [-0.2, -0.15) is 0 Å². The van der Waals surface area contributed by atoms with E-state index in [0.29, 0.717) is 6.54 Å².